The average molecular weight is 531 g/mol. The second-order valence-electron chi connectivity index (χ2n) is 10.9. The van der Waals surface area contributed by atoms with E-state index in [-0.39, 0.29) is 17.9 Å². The van der Waals surface area contributed by atoms with Gasteiger partial charge in [0, 0.05) is 25.0 Å². The molecule has 1 aromatic carbocycles. The first-order valence-corrected chi connectivity index (χ1v) is 14.6. The second-order valence-corrected chi connectivity index (χ2v) is 12.9. The van der Waals surface area contributed by atoms with Gasteiger partial charge in [0.2, 0.25) is 21.8 Å². The van der Waals surface area contributed by atoms with Crippen LogP contribution in [0.1, 0.15) is 45.1 Å². The van der Waals surface area contributed by atoms with E-state index in [1.165, 1.54) is 10.6 Å². The number of benzene rings is 1. The number of anilines is 1. The lowest BCUT2D eigenvalue weighted by molar-refractivity contribution is -0.140. The molecule has 1 aliphatic carbocycles. The molecule has 0 saturated carbocycles. The number of sulfonamides is 1. The van der Waals surface area contributed by atoms with Gasteiger partial charge in [0.05, 0.1) is 30.7 Å². The number of hydrogen-bond donors (Lipinski definition) is 2. The topological polar surface area (TPSA) is 122 Å². The number of hydrogen-bond acceptors (Lipinski definition) is 6. The van der Waals surface area contributed by atoms with Gasteiger partial charge in [0.15, 0.2) is 0 Å². The molecule has 3 N–H and O–H groups in total. The standard InChI is InChI=1S/C27H38N4O5S/c1-26(2,28)25(33)29-22(18-36-17-20-9-5-4-6-10-20)24(32)30-15-13-27(14-16-30)19-31(37(3,34)35)23-12-8-7-11-21(23)27/h4-5,7-9,11-12,22H,6,10,13-19,28H2,1-3H3,(H,29,33)/t22-/m1/s1. The first-order valence-electron chi connectivity index (χ1n) is 12.8. The van der Waals surface area contributed by atoms with E-state index in [4.69, 9.17) is 10.5 Å². The molecule has 10 heteroatoms. The van der Waals surface area contributed by atoms with Gasteiger partial charge in [-0.2, -0.15) is 0 Å². The van der Waals surface area contributed by atoms with Crippen LogP contribution in [0.15, 0.2) is 48.1 Å². The molecule has 2 aliphatic heterocycles. The lowest BCUT2D eigenvalue weighted by atomic mass is 9.74. The molecule has 0 bridgehead atoms. The third kappa shape index (κ3) is 6.08. The number of likely N-dealkylation sites (tertiary alicyclic amines) is 1. The van der Waals surface area contributed by atoms with Crippen molar-refractivity contribution in [3.63, 3.8) is 0 Å². The number of nitrogens with zero attached hydrogens (tertiary/aromatic N) is 2. The predicted octanol–water partition coefficient (Wildman–Crippen LogP) is 1.84. The highest BCUT2D eigenvalue weighted by Gasteiger charge is 2.48. The maximum Gasteiger partial charge on any atom is 0.247 e. The number of nitrogens with two attached hydrogens (primary N) is 1. The Kier molecular flexibility index (Phi) is 7.83. The number of nitrogens with one attached hydrogen (secondary N) is 1. The van der Waals surface area contributed by atoms with Crippen LogP contribution in [0.2, 0.25) is 0 Å². The monoisotopic (exact) mass is 530 g/mol. The van der Waals surface area contributed by atoms with Gasteiger partial charge < -0.3 is 20.7 Å². The molecule has 1 atom stereocenters. The maximum absolute atomic E-state index is 13.6. The van der Waals surface area contributed by atoms with Crippen molar-refractivity contribution in [2.24, 2.45) is 5.73 Å². The van der Waals surface area contributed by atoms with Gasteiger partial charge in [0.25, 0.3) is 0 Å². The summed E-state index contributed by atoms with van der Waals surface area (Å²) in [4.78, 5) is 28.0. The fourth-order valence-corrected chi connectivity index (χ4v) is 6.28. The van der Waals surface area contributed by atoms with Crippen LogP contribution in [-0.4, -0.2) is 75.8 Å². The van der Waals surface area contributed by atoms with Gasteiger partial charge in [-0.3, -0.25) is 13.9 Å². The van der Waals surface area contributed by atoms with E-state index in [0.29, 0.717) is 39.1 Å². The maximum atomic E-state index is 13.6. The summed E-state index contributed by atoms with van der Waals surface area (Å²) in [7, 11) is -3.41. The predicted molar refractivity (Wildman–Crippen MR) is 144 cm³/mol. The minimum atomic E-state index is -3.41. The van der Waals surface area contributed by atoms with Crippen molar-refractivity contribution in [2.45, 2.75) is 56.5 Å². The molecule has 4 rings (SSSR count). The number of carbonyl (C=O) groups is 2. The Morgan fingerprint density at radius 3 is 2.54 bits per heavy atom. The van der Waals surface area contributed by atoms with Crippen LogP contribution >= 0.6 is 0 Å². The van der Waals surface area contributed by atoms with E-state index in [0.717, 1.165) is 29.7 Å². The fraction of sp³-hybridized carbons (Fsp3) is 0.556. The van der Waals surface area contributed by atoms with Crippen LogP contribution in [0.5, 0.6) is 0 Å². The van der Waals surface area contributed by atoms with E-state index in [1.54, 1.807) is 18.7 Å². The number of fused-ring (bicyclic) bond motifs is 2. The average Bonchev–Trinajstić information content (AvgIpc) is 3.18. The van der Waals surface area contributed by atoms with Crippen LogP contribution in [0.25, 0.3) is 0 Å². The number of amides is 2. The number of allylic oxidation sites excluding steroid dienone is 3. The minimum Gasteiger partial charge on any atom is -0.374 e. The molecule has 9 nitrogen and oxygen atoms in total. The molecule has 1 saturated heterocycles. The molecule has 2 heterocycles. The van der Waals surface area contributed by atoms with E-state index in [1.807, 2.05) is 36.4 Å². The SMILES string of the molecule is CC(C)(N)C(=O)N[C@H](COCC1=CC=CCC1)C(=O)N1CCC2(CC1)CN(S(C)(=O)=O)c1ccccc12. The zero-order valence-corrected chi connectivity index (χ0v) is 22.7. The van der Waals surface area contributed by atoms with Crippen molar-refractivity contribution in [1.29, 1.82) is 0 Å². The summed E-state index contributed by atoms with van der Waals surface area (Å²) in [5.41, 5.74) is 7.38. The first-order chi connectivity index (χ1) is 17.4. The lowest BCUT2D eigenvalue weighted by Gasteiger charge is -2.41. The number of carbonyl (C=O) groups excluding carboxylic acids is 2. The highest BCUT2D eigenvalue weighted by atomic mass is 32.2. The minimum absolute atomic E-state index is 0.0496. The zero-order valence-electron chi connectivity index (χ0n) is 21.9. The van der Waals surface area contributed by atoms with Gasteiger partial charge in [-0.1, -0.05) is 36.4 Å². The molecular weight excluding hydrogens is 492 g/mol. The Bertz CT molecular complexity index is 1190. The van der Waals surface area contributed by atoms with Crippen LogP contribution < -0.4 is 15.4 Å². The number of ether oxygens (including phenoxy) is 1. The molecule has 1 aromatic rings. The van der Waals surface area contributed by atoms with Gasteiger partial charge in [-0.05, 0) is 56.7 Å². The Hall–Kier alpha value is -2.69. The fourth-order valence-electron chi connectivity index (χ4n) is 5.28. The molecule has 1 fully saturated rings. The third-order valence-electron chi connectivity index (χ3n) is 7.48. The van der Waals surface area contributed by atoms with Crippen molar-refractivity contribution < 1.29 is 22.7 Å². The summed E-state index contributed by atoms with van der Waals surface area (Å²) in [6, 6.07) is 6.76. The molecule has 3 aliphatic rings. The van der Waals surface area contributed by atoms with Gasteiger partial charge in [-0.25, -0.2) is 8.42 Å². The highest BCUT2D eigenvalue weighted by Crippen LogP contribution is 2.47. The molecule has 37 heavy (non-hydrogen) atoms. The molecule has 1 spiro atoms. The Balaban J connectivity index is 1.45. The Morgan fingerprint density at radius 1 is 1.22 bits per heavy atom. The summed E-state index contributed by atoms with van der Waals surface area (Å²) in [6.07, 6.45) is 10.5. The number of rotatable bonds is 8. The van der Waals surface area contributed by atoms with Gasteiger partial charge >= 0.3 is 0 Å². The van der Waals surface area contributed by atoms with Crippen molar-refractivity contribution in [3.8, 4) is 0 Å². The van der Waals surface area contributed by atoms with E-state index in [2.05, 4.69) is 11.4 Å². The van der Waals surface area contributed by atoms with Crippen molar-refractivity contribution in [1.82, 2.24) is 10.2 Å². The van der Waals surface area contributed by atoms with Crippen LogP contribution in [0.4, 0.5) is 5.69 Å². The Labute approximate surface area is 219 Å². The molecule has 0 radical (unpaired) electrons. The second kappa shape index (κ2) is 10.6. The summed E-state index contributed by atoms with van der Waals surface area (Å²) in [5, 5.41) is 2.79. The van der Waals surface area contributed by atoms with Crippen LogP contribution in [0, 0.1) is 0 Å². The number of piperidine rings is 1. The largest absolute Gasteiger partial charge is 0.374 e. The Morgan fingerprint density at radius 2 is 1.92 bits per heavy atom. The summed E-state index contributed by atoms with van der Waals surface area (Å²) < 4.78 is 32.3. The van der Waals surface area contributed by atoms with E-state index >= 15 is 0 Å². The zero-order chi connectivity index (χ0) is 26.8. The van der Waals surface area contributed by atoms with Gasteiger partial charge in [-0.15, -0.1) is 0 Å². The molecule has 2 amide bonds. The lowest BCUT2D eigenvalue weighted by Crippen LogP contribution is -2.59. The quantitative estimate of drug-likeness (QED) is 0.529. The molecule has 0 unspecified atom stereocenters. The van der Waals surface area contributed by atoms with Crippen molar-refractivity contribution in [2.75, 3.05) is 43.4 Å². The van der Waals surface area contributed by atoms with E-state index < -0.39 is 27.5 Å². The van der Waals surface area contributed by atoms with Crippen molar-refractivity contribution >= 4 is 27.5 Å². The number of para-hydroxylation sites is 1. The summed E-state index contributed by atoms with van der Waals surface area (Å²) in [6.45, 7) is 4.93. The third-order valence-corrected chi connectivity index (χ3v) is 8.61. The van der Waals surface area contributed by atoms with E-state index in [9.17, 15) is 18.0 Å². The smallest absolute Gasteiger partial charge is 0.247 e. The highest BCUT2D eigenvalue weighted by molar-refractivity contribution is 7.92. The molecular formula is C27H38N4O5S. The normalized spacial score (nSPS) is 19.9. The summed E-state index contributed by atoms with van der Waals surface area (Å²) >= 11 is 0. The molecule has 202 valence electrons. The summed E-state index contributed by atoms with van der Waals surface area (Å²) in [5.74, 6) is -0.632. The van der Waals surface area contributed by atoms with Crippen LogP contribution in [-0.2, 0) is 29.8 Å². The first kappa shape index (κ1) is 27.3. The van der Waals surface area contributed by atoms with Crippen molar-refractivity contribution in [3.05, 3.63) is 53.6 Å². The molecule has 0 aromatic heterocycles. The van der Waals surface area contributed by atoms with Crippen LogP contribution in [0.3, 0.4) is 0 Å². The van der Waals surface area contributed by atoms with Gasteiger partial charge in [0.1, 0.15) is 6.04 Å².